The second-order valence-electron chi connectivity index (χ2n) is 7.68. The number of hydrogen-bond donors (Lipinski definition) is 1. The van der Waals surface area contributed by atoms with Crippen molar-refractivity contribution in [3.05, 3.63) is 66.0 Å². The molecule has 1 aromatic heterocycles. The Morgan fingerprint density at radius 3 is 2.32 bits per heavy atom. The monoisotopic (exact) mass is 378 g/mol. The van der Waals surface area contributed by atoms with Crippen molar-refractivity contribution in [1.29, 1.82) is 0 Å². The lowest BCUT2D eigenvalue weighted by Crippen LogP contribution is -2.52. The van der Waals surface area contributed by atoms with Gasteiger partial charge < -0.3 is 10.2 Å². The molecular weight excluding hydrogens is 352 g/mol. The van der Waals surface area contributed by atoms with E-state index in [1.165, 1.54) is 5.56 Å². The summed E-state index contributed by atoms with van der Waals surface area (Å²) >= 11 is 0. The van der Waals surface area contributed by atoms with Gasteiger partial charge in [0.15, 0.2) is 0 Å². The van der Waals surface area contributed by atoms with Crippen LogP contribution in [0.25, 0.3) is 0 Å². The lowest BCUT2D eigenvalue weighted by Gasteiger charge is -2.36. The summed E-state index contributed by atoms with van der Waals surface area (Å²) in [7, 11) is 0. The van der Waals surface area contributed by atoms with Crippen molar-refractivity contribution in [2.24, 2.45) is 5.41 Å². The van der Waals surface area contributed by atoms with E-state index >= 15 is 0 Å². The van der Waals surface area contributed by atoms with Crippen molar-refractivity contribution < 1.29 is 9.59 Å². The molecule has 1 N–H and O–H groups in total. The van der Waals surface area contributed by atoms with Crippen LogP contribution >= 0.6 is 0 Å². The van der Waals surface area contributed by atoms with Crippen molar-refractivity contribution in [2.75, 3.05) is 26.2 Å². The van der Waals surface area contributed by atoms with E-state index in [1.807, 2.05) is 23.1 Å². The highest BCUT2D eigenvalue weighted by atomic mass is 16.2. The normalized spacial score (nSPS) is 18.5. The summed E-state index contributed by atoms with van der Waals surface area (Å²) in [6, 6.07) is 14.1. The topological polar surface area (TPSA) is 65.5 Å². The summed E-state index contributed by atoms with van der Waals surface area (Å²) in [6.07, 6.45) is 4.73. The fourth-order valence-electron chi connectivity index (χ4n) is 3.77. The number of rotatable bonds is 6. The molecule has 0 spiro atoms. The summed E-state index contributed by atoms with van der Waals surface area (Å²) < 4.78 is 0. The minimum Gasteiger partial charge on any atom is -0.351 e. The Morgan fingerprint density at radius 2 is 1.68 bits per heavy atom. The molecule has 0 bridgehead atoms. The lowest BCUT2D eigenvalue weighted by atomic mass is 10.0. The summed E-state index contributed by atoms with van der Waals surface area (Å²) in [5, 5.41) is 2.93. The number of piperazine rings is 1. The van der Waals surface area contributed by atoms with E-state index in [-0.39, 0.29) is 11.8 Å². The number of nitrogens with one attached hydrogen (secondary N) is 1. The quantitative estimate of drug-likeness (QED) is 0.779. The molecule has 1 aromatic carbocycles. The van der Waals surface area contributed by atoms with Gasteiger partial charge in [-0.2, -0.15) is 0 Å². The first-order chi connectivity index (χ1) is 13.7. The molecule has 1 aliphatic heterocycles. The van der Waals surface area contributed by atoms with Crippen LogP contribution in [0.15, 0.2) is 54.9 Å². The maximum absolute atomic E-state index is 13.0. The lowest BCUT2D eigenvalue weighted by molar-refractivity contribution is -0.145. The van der Waals surface area contributed by atoms with Crippen molar-refractivity contribution in [3.8, 4) is 0 Å². The fourth-order valence-corrected chi connectivity index (χ4v) is 3.77. The fraction of sp³-hybridized carbons (Fsp3) is 0.409. The van der Waals surface area contributed by atoms with Gasteiger partial charge in [0.1, 0.15) is 5.41 Å². The zero-order chi connectivity index (χ0) is 19.4. The van der Waals surface area contributed by atoms with Gasteiger partial charge in [-0.25, -0.2) is 0 Å². The molecule has 28 heavy (non-hydrogen) atoms. The van der Waals surface area contributed by atoms with Crippen molar-refractivity contribution in [1.82, 2.24) is 20.1 Å². The third-order valence-corrected chi connectivity index (χ3v) is 5.68. The van der Waals surface area contributed by atoms with Crippen LogP contribution in [0.4, 0.5) is 0 Å². The largest absolute Gasteiger partial charge is 0.351 e. The second-order valence-corrected chi connectivity index (χ2v) is 7.68. The van der Waals surface area contributed by atoms with Crippen LogP contribution in [0, 0.1) is 5.41 Å². The number of nitrogens with zero attached hydrogens (tertiary/aromatic N) is 3. The Kier molecular flexibility index (Phi) is 5.39. The van der Waals surface area contributed by atoms with Crippen molar-refractivity contribution >= 4 is 11.8 Å². The number of carbonyl (C=O) groups excluding carboxylic acids is 2. The van der Waals surface area contributed by atoms with Gasteiger partial charge >= 0.3 is 0 Å². The third-order valence-electron chi connectivity index (χ3n) is 5.68. The first-order valence-corrected chi connectivity index (χ1v) is 9.90. The number of pyridine rings is 1. The van der Waals surface area contributed by atoms with Crippen LogP contribution < -0.4 is 5.32 Å². The first kappa shape index (κ1) is 18.6. The van der Waals surface area contributed by atoms with Gasteiger partial charge in [0, 0.05) is 51.7 Å². The van der Waals surface area contributed by atoms with Gasteiger partial charge in [0.2, 0.25) is 11.8 Å². The van der Waals surface area contributed by atoms with Crippen LogP contribution in [-0.2, 0) is 22.7 Å². The van der Waals surface area contributed by atoms with Gasteiger partial charge in [-0.15, -0.1) is 0 Å². The highest BCUT2D eigenvalue weighted by molar-refractivity contribution is 6.07. The maximum Gasteiger partial charge on any atom is 0.238 e. The highest BCUT2D eigenvalue weighted by Crippen LogP contribution is 2.47. The molecule has 0 atom stereocenters. The zero-order valence-corrected chi connectivity index (χ0v) is 16.0. The molecule has 6 nitrogen and oxygen atoms in total. The second kappa shape index (κ2) is 8.10. The van der Waals surface area contributed by atoms with Crippen molar-refractivity contribution in [2.45, 2.75) is 25.9 Å². The molecule has 2 heterocycles. The summed E-state index contributed by atoms with van der Waals surface area (Å²) in [6.45, 7) is 4.36. The Morgan fingerprint density at radius 1 is 0.964 bits per heavy atom. The van der Waals surface area contributed by atoms with Crippen LogP contribution in [0.1, 0.15) is 24.0 Å². The SMILES string of the molecule is O=C(NCc1cccnc1)C1(C(=O)N2CCN(Cc3ccccc3)CC2)CC1. The molecule has 0 radical (unpaired) electrons. The van der Waals surface area contributed by atoms with E-state index in [9.17, 15) is 9.59 Å². The Labute approximate surface area is 165 Å². The van der Waals surface area contributed by atoms with E-state index in [2.05, 4.69) is 39.5 Å². The van der Waals surface area contributed by atoms with Gasteiger partial charge in [-0.3, -0.25) is 19.5 Å². The van der Waals surface area contributed by atoms with Crippen LogP contribution in [0.2, 0.25) is 0 Å². The van der Waals surface area contributed by atoms with Gasteiger partial charge in [0.05, 0.1) is 0 Å². The minimum absolute atomic E-state index is 0.00412. The van der Waals surface area contributed by atoms with Crippen LogP contribution in [0.3, 0.4) is 0 Å². The molecule has 6 heteroatoms. The molecule has 1 aliphatic carbocycles. The van der Waals surface area contributed by atoms with E-state index < -0.39 is 5.41 Å². The minimum atomic E-state index is -0.843. The predicted octanol–water partition coefficient (Wildman–Crippen LogP) is 1.82. The summed E-state index contributed by atoms with van der Waals surface area (Å²) in [5.74, 6) is -0.149. The zero-order valence-electron chi connectivity index (χ0n) is 16.0. The summed E-state index contributed by atoms with van der Waals surface area (Å²) in [5.41, 5.74) is 1.38. The standard InChI is InChI=1S/C22H26N4O2/c27-20(24-16-19-7-4-10-23-15-19)22(8-9-22)21(28)26-13-11-25(12-14-26)17-18-5-2-1-3-6-18/h1-7,10,15H,8-9,11-14,16-17H2,(H,24,27). The predicted molar refractivity (Wildman–Crippen MR) is 106 cm³/mol. The average molecular weight is 378 g/mol. The molecule has 0 unspecified atom stereocenters. The Bertz CT molecular complexity index is 813. The molecule has 2 aromatic rings. The molecular formula is C22H26N4O2. The van der Waals surface area contributed by atoms with Crippen LogP contribution in [-0.4, -0.2) is 52.8 Å². The molecule has 2 aliphatic rings. The first-order valence-electron chi connectivity index (χ1n) is 9.90. The third kappa shape index (κ3) is 4.07. The number of hydrogen-bond acceptors (Lipinski definition) is 4. The maximum atomic E-state index is 13.0. The number of carbonyl (C=O) groups is 2. The Balaban J connectivity index is 1.29. The Hall–Kier alpha value is -2.73. The molecule has 2 fully saturated rings. The van der Waals surface area contributed by atoms with E-state index in [0.29, 0.717) is 32.5 Å². The van der Waals surface area contributed by atoms with Gasteiger partial charge in [0.25, 0.3) is 0 Å². The molecule has 1 saturated heterocycles. The smallest absolute Gasteiger partial charge is 0.238 e. The molecule has 1 saturated carbocycles. The van der Waals surface area contributed by atoms with Crippen molar-refractivity contribution in [3.63, 3.8) is 0 Å². The number of aromatic nitrogens is 1. The van der Waals surface area contributed by atoms with Crippen LogP contribution in [0.5, 0.6) is 0 Å². The molecule has 2 amide bonds. The molecule has 4 rings (SSSR count). The average Bonchev–Trinajstić information content (AvgIpc) is 3.56. The van der Waals surface area contributed by atoms with E-state index in [4.69, 9.17) is 0 Å². The highest BCUT2D eigenvalue weighted by Gasteiger charge is 2.58. The number of amides is 2. The van der Waals surface area contributed by atoms with E-state index in [0.717, 1.165) is 25.2 Å². The van der Waals surface area contributed by atoms with Gasteiger partial charge in [-0.1, -0.05) is 36.4 Å². The van der Waals surface area contributed by atoms with E-state index in [1.54, 1.807) is 12.4 Å². The van der Waals surface area contributed by atoms with Gasteiger partial charge in [-0.05, 0) is 30.0 Å². The molecule has 146 valence electrons. The summed E-state index contributed by atoms with van der Waals surface area (Å²) in [4.78, 5) is 34.0. The number of benzene rings is 1.